The zero-order chi connectivity index (χ0) is 20.5. The lowest BCUT2D eigenvalue weighted by molar-refractivity contribution is -0.353. The van der Waals surface area contributed by atoms with E-state index in [1.54, 1.807) is 17.9 Å². The quantitative estimate of drug-likeness (QED) is 0.324. The number of aromatic hydroxyl groups is 1. The van der Waals surface area contributed by atoms with Gasteiger partial charge in [-0.25, -0.2) is 9.30 Å². The van der Waals surface area contributed by atoms with Crippen molar-refractivity contribution in [2.24, 2.45) is 11.1 Å². The third-order valence-corrected chi connectivity index (χ3v) is 6.79. The van der Waals surface area contributed by atoms with Gasteiger partial charge in [0.2, 0.25) is 0 Å². The molecule has 5 N–H and O–H groups in total. The lowest BCUT2D eigenvalue weighted by Crippen LogP contribution is -2.72. The van der Waals surface area contributed by atoms with Crippen molar-refractivity contribution in [1.29, 1.82) is 0 Å². The first-order valence-electron chi connectivity index (χ1n) is 9.12. The van der Waals surface area contributed by atoms with Crippen LogP contribution in [0.2, 0.25) is 0 Å². The lowest BCUT2D eigenvalue weighted by Gasteiger charge is -2.36. The highest BCUT2D eigenvalue weighted by atomic mass is 32.2. The summed E-state index contributed by atoms with van der Waals surface area (Å²) in [6.45, 7) is 6.16. The van der Waals surface area contributed by atoms with Gasteiger partial charge in [0.1, 0.15) is 4.21 Å². The largest absolute Gasteiger partial charge is 0.502 e. The molecule has 0 bridgehead atoms. The standard InChI is InChI=1S/C19H26N5O2S2/c1-19(2,3)15(11-7-8-26-9-11)23-17(21)16(20)22-13-10-27-18(14(13)25)28-24(4)12-5-6-12/h7-10,12,15H,5-6H2,1-4H3,(H4-,20,21,22,23,25)/q-1/p+1/t15-/m0/s1. The number of rotatable bonds is 6. The second kappa shape index (κ2) is 8.18. The van der Waals surface area contributed by atoms with Gasteiger partial charge in [0, 0.05) is 17.3 Å². The maximum absolute atomic E-state index is 10.5. The molecule has 2 aromatic heterocycles. The molecule has 0 spiro atoms. The van der Waals surface area contributed by atoms with Gasteiger partial charge in [-0.2, -0.15) is 0 Å². The van der Waals surface area contributed by atoms with Gasteiger partial charge in [0.05, 0.1) is 12.5 Å². The molecule has 1 fully saturated rings. The number of nitrogens with one attached hydrogen (secondary N) is 2. The fraction of sp³-hybridized carbons (Fsp3) is 0.474. The van der Waals surface area contributed by atoms with Crippen LogP contribution in [0.5, 0.6) is 5.75 Å². The monoisotopic (exact) mass is 421 g/mol. The van der Waals surface area contributed by atoms with Crippen molar-refractivity contribution in [1.82, 2.24) is 9.62 Å². The molecule has 0 aliphatic heterocycles. The molecule has 7 nitrogen and oxygen atoms in total. The lowest BCUT2D eigenvalue weighted by atomic mass is 9.83. The van der Waals surface area contributed by atoms with Crippen LogP contribution in [-0.2, 0) is 0 Å². The highest BCUT2D eigenvalue weighted by Gasteiger charge is 2.29. The Balaban J connectivity index is 1.72. The van der Waals surface area contributed by atoms with Gasteiger partial charge in [-0.05, 0) is 54.9 Å². The van der Waals surface area contributed by atoms with Gasteiger partial charge in [-0.15, -0.1) is 11.3 Å². The number of nitrogens with two attached hydrogens (primary N) is 1. The number of furan rings is 1. The van der Waals surface area contributed by atoms with Gasteiger partial charge in [-0.1, -0.05) is 20.8 Å². The summed E-state index contributed by atoms with van der Waals surface area (Å²) in [6.07, 6.45) is 5.63. The van der Waals surface area contributed by atoms with Crippen LogP contribution in [0.15, 0.2) is 32.6 Å². The van der Waals surface area contributed by atoms with E-state index in [2.05, 4.69) is 35.4 Å². The van der Waals surface area contributed by atoms with E-state index in [4.69, 9.17) is 10.2 Å². The molecule has 0 amide bonds. The summed E-state index contributed by atoms with van der Waals surface area (Å²) in [5.74, 6) is -0.00516. The van der Waals surface area contributed by atoms with E-state index < -0.39 is 0 Å². The molecule has 1 atom stereocenters. The Bertz CT molecular complexity index is 850. The Morgan fingerprint density at radius 3 is 2.79 bits per heavy atom. The molecule has 3 rings (SSSR count). The summed E-state index contributed by atoms with van der Waals surface area (Å²) in [7, 11) is 2.03. The Kier molecular flexibility index (Phi) is 6.07. The maximum Gasteiger partial charge on any atom is 0.269 e. The number of hydrogen-bond acceptors (Lipinski definition) is 5. The molecule has 152 valence electrons. The molecule has 2 aromatic rings. The summed E-state index contributed by atoms with van der Waals surface area (Å²) in [5.41, 5.74) is 7.23. The average molecular weight is 422 g/mol. The van der Waals surface area contributed by atoms with Crippen molar-refractivity contribution < 1.29 is 14.5 Å². The maximum atomic E-state index is 10.5. The van der Waals surface area contributed by atoms with Gasteiger partial charge >= 0.3 is 0 Å². The average Bonchev–Trinajstić information content (AvgIpc) is 3.25. The van der Waals surface area contributed by atoms with Crippen molar-refractivity contribution in [3.05, 3.63) is 34.9 Å². The summed E-state index contributed by atoms with van der Waals surface area (Å²) in [6, 6.07) is 2.23. The second-order valence-electron chi connectivity index (χ2n) is 8.04. The van der Waals surface area contributed by atoms with Crippen LogP contribution in [0.25, 0.3) is 5.41 Å². The van der Waals surface area contributed by atoms with Crippen molar-refractivity contribution in [3.63, 3.8) is 0 Å². The fourth-order valence-electron chi connectivity index (χ4n) is 2.79. The number of amidine groups is 2. The summed E-state index contributed by atoms with van der Waals surface area (Å²) in [5, 5.41) is 25.8. The van der Waals surface area contributed by atoms with E-state index in [1.807, 2.05) is 13.1 Å². The molecule has 9 heteroatoms. The number of thiophene rings is 1. The zero-order valence-corrected chi connectivity index (χ0v) is 18.2. The Hall–Kier alpha value is -1.97. The minimum absolute atomic E-state index is 0.0398. The third kappa shape index (κ3) is 4.89. The first-order valence-corrected chi connectivity index (χ1v) is 10.8. The van der Waals surface area contributed by atoms with E-state index in [0.717, 1.165) is 9.77 Å². The van der Waals surface area contributed by atoms with Gasteiger partial charge in [0.15, 0.2) is 11.4 Å². The normalized spacial score (nSPS) is 16.4. The SMILES string of the molecule is CN(Sc1scc([NH+]=C(N)C(=[N-])N[C@@H](c2ccoc2)C(C)(C)C)c1O)C1CC1. The van der Waals surface area contributed by atoms with Crippen LogP contribution in [-0.4, -0.2) is 34.2 Å². The predicted octanol–water partition coefficient (Wildman–Crippen LogP) is 2.56. The van der Waals surface area contributed by atoms with Gasteiger partial charge in [-0.3, -0.25) is 5.73 Å². The highest BCUT2D eigenvalue weighted by molar-refractivity contribution is 7.99. The molecule has 0 aromatic carbocycles. The molecule has 1 saturated carbocycles. The van der Waals surface area contributed by atoms with Gasteiger partial charge < -0.3 is 20.2 Å². The number of hydrogen-bond donors (Lipinski definition) is 4. The topological polar surface area (TPSA) is 111 Å². The van der Waals surface area contributed by atoms with E-state index in [9.17, 15) is 10.5 Å². The minimum Gasteiger partial charge on any atom is -0.502 e. The van der Waals surface area contributed by atoms with E-state index in [0.29, 0.717) is 11.7 Å². The summed E-state index contributed by atoms with van der Waals surface area (Å²) in [4.78, 5) is 2.90. The van der Waals surface area contributed by atoms with Crippen LogP contribution in [0, 0.1) is 5.41 Å². The van der Waals surface area contributed by atoms with Crippen LogP contribution in [0.1, 0.15) is 45.2 Å². The first-order chi connectivity index (χ1) is 13.2. The Morgan fingerprint density at radius 2 is 2.21 bits per heavy atom. The van der Waals surface area contributed by atoms with Crippen LogP contribution >= 0.6 is 23.3 Å². The predicted molar refractivity (Wildman–Crippen MR) is 115 cm³/mol. The molecule has 0 radical (unpaired) electrons. The van der Waals surface area contributed by atoms with Crippen LogP contribution < -0.4 is 16.0 Å². The molecule has 1 aliphatic carbocycles. The molecular formula is C19H27N5O2S2. The van der Waals surface area contributed by atoms with Crippen molar-refractivity contribution in [3.8, 4) is 5.75 Å². The van der Waals surface area contributed by atoms with E-state index >= 15 is 0 Å². The van der Waals surface area contributed by atoms with E-state index in [1.165, 1.54) is 36.1 Å². The summed E-state index contributed by atoms with van der Waals surface area (Å²) >= 11 is 2.96. The molecule has 0 unspecified atom stereocenters. The van der Waals surface area contributed by atoms with Crippen LogP contribution in [0.3, 0.4) is 0 Å². The number of nitrogens with zero attached hydrogens (tertiary/aromatic N) is 2. The van der Waals surface area contributed by atoms with Crippen molar-refractivity contribution in [2.75, 3.05) is 7.05 Å². The van der Waals surface area contributed by atoms with Crippen molar-refractivity contribution in [2.45, 2.75) is 49.9 Å². The summed E-state index contributed by atoms with van der Waals surface area (Å²) < 4.78 is 8.13. The minimum atomic E-state index is -0.207. The molecule has 1 aliphatic rings. The second-order valence-corrected chi connectivity index (χ2v) is 10.3. The Labute approximate surface area is 173 Å². The third-order valence-electron chi connectivity index (χ3n) is 4.57. The van der Waals surface area contributed by atoms with Gasteiger partial charge in [0.25, 0.3) is 5.84 Å². The highest BCUT2D eigenvalue weighted by Crippen LogP contribution is 2.43. The van der Waals surface area contributed by atoms with E-state index in [-0.39, 0.29) is 28.9 Å². The molecule has 2 heterocycles. The van der Waals surface area contributed by atoms with Crippen LogP contribution in [0.4, 0.5) is 5.69 Å². The molecule has 0 saturated heterocycles. The molecule has 28 heavy (non-hydrogen) atoms. The molecular weight excluding hydrogens is 394 g/mol. The Morgan fingerprint density at radius 1 is 1.50 bits per heavy atom. The fourth-order valence-corrected chi connectivity index (χ4v) is 4.89. The smallest absolute Gasteiger partial charge is 0.269 e. The van der Waals surface area contributed by atoms with Crippen molar-refractivity contribution >= 4 is 40.6 Å². The first kappa shape index (κ1) is 20.8. The zero-order valence-electron chi connectivity index (χ0n) is 16.5.